The van der Waals surface area contributed by atoms with Crippen LogP contribution in [0.2, 0.25) is 0 Å². The average Bonchev–Trinajstić information content (AvgIpc) is 3.48. The van der Waals surface area contributed by atoms with Gasteiger partial charge in [0.05, 0.1) is 18.3 Å². The third-order valence-corrected chi connectivity index (χ3v) is 4.77. The minimum atomic E-state index is -0.0295. The van der Waals surface area contributed by atoms with Gasteiger partial charge in [0.2, 0.25) is 0 Å². The van der Waals surface area contributed by atoms with Crippen molar-refractivity contribution in [2.24, 2.45) is 5.92 Å². The summed E-state index contributed by atoms with van der Waals surface area (Å²) >= 11 is 0. The van der Waals surface area contributed by atoms with Gasteiger partial charge in [0.1, 0.15) is 5.75 Å². The van der Waals surface area contributed by atoms with Crippen molar-refractivity contribution >= 4 is 5.91 Å². The number of carbonyl (C=O) groups is 1. The topological polar surface area (TPSA) is 42.4 Å². The van der Waals surface area contributed by atoms with E-state index in [1.54, 1.807) is 6.20 Å². The van der Waals surface area contributed by atoms with Gasteiger partial charge in [0, 0.05) is 17.8 Å². The first-order valence-electron chi connectivity index (χ1n) is 9.52. The van der Waals surface area contributed by atoms with E-state index in [0.29, 0.717) is 24.1 Å². The molecule has 2 aromatic rings. The number of hydrogen-bond acceptors (Lipinski definition) is 3. The van der Waals surface area contributed by atoms with Crippen LogP contribution in [-0.4, -0.2) is 28.4 Å². The Balaban J connectivity index is 1.69. The van der Waals surface area contributed by atoms with Crippen molar-refractivity contribution in [2.75, 3.05) is 6.61 Å². The van der Waals surface area contributed by atoms with Gasteiger partial charge >= 0.3 is 0 Å². The molecule has 1 aliphatic carbocycles. The maximum absolute atomic E-state index is 13.1. The van der Waals surface area contributed by atoms with Crippen LogP contribution >= 0.6 is 0 Å². The van der Waals surface area contributed by atoms with Crippen molar-refractivity contribution in [3.8, 4) is 5.75 Å². The van der Waals surface area contributed by atoms with E-state index in [0.717, 1.165) is 30.7 Å². The van der Waals surface area contributed by atoms with E-state index in [-0.39, 0.29) is 11.9 Å². The van der Waals surface area contributed by atoms with Crippen molar-refractivity contribution in [2.45, 2.75) is 52.1 Å². The maximum atomic E-state index is 13.1. The lowest BCUT2D eigenvalue weighted by Crippen LogP contribution is -2.35. The molecule has 1 aliphatic rings. The highest BCUT2D eigenvalue weighted by molar-refractivity contribution is 5.95. The second kappa shape index (κ2) is 8.35. The lowest BCUT2D eigenvalue weighted by Gasteiger charge is -2.29. The van der Waals surface area contributed by atoms with Gasteiger partial charge in [-0.3, -0.25) is 9.78 Å². The number of amides is 1. The van der Waals surface area contributed by atoms with Gasteiger partial charge < -0.3 is 9.64 Å². The fourth-order valence-electron chi connectivity index (χ4n) is 3.03. The highest BCUT2D eigenvalue weighted by Crippen LogP contribution is 2.35. The fourth-order valence-corrected chi connectivity index (χ4v) is 3.03. The molecule has 0 N–H and O–H groups in total. The lowest BCUT2D eigenvalue weighted by molar-refractivity contribution is 0.0670. The molecule has 138 valence electrons. The largest absolute Gasteiger partial charge is 0.494 e. The zero-order chi connectivity index (χ0) is 18.5. The predicted octanol–water partition coefficient (Wildman–Crippen LogP) is 4.87. The van der Waals surface area contributed by atoms with Gasteiger partial charge in [0.15, 0.2) is 0 Å². The first-order valence-corrected chi connectivity index (χ1v) is 9.52. The van der Waals surface area contributed by atoms with Crippen LogP contribution in [0.1, 0.15) is 62.1 Å². The zero-order valence-corrected chi connectivity index (χ0v) is 15.9. The van der Waals surface area contributed by atoms with Gasteiger partial charge in [-0.05, 0) is 68.5 Å². The Morgan fingerprint density at radius 1 is 1.15 bits per heavy atom. The molecule has 0 radical (unpaired) electrons. The summed E-state index contributed by atoms with van der Waals surface area (Å²) in [6, 6.07) is 13.7. The van der Waals surface area contributed by atoms with Crippen LogP contribution in [0.5, 0.6) is 5.75 Å². The van der Waals surface area contributed by atoms with Crippen LogP contribution in [0, 0.1) is 5.92 Å². The van der Waals surface area contributed by atoms with Crippen LogP contribution in [0.3, 0.4) is 0 Å². The molecule has 0 aliphatic heterocycles. The summed E-state index contributed by atoms with van der Waals surface area (Å²) < 4.78 is 5.75. The standard InChI is InChI=1S/C22H28N2O2/c1-16(2)13-15-26-20-11-7-18(8-12-20)22(25)24(19-9-10-19)17(3)21-6-4-5-14-23-21/h4-8,11-12,14,16-17,19H,9-10,13,15H2,1-3H3. The first kappa shape index (κ1) is 18.4. The normalized spacial score (nSPS) is 14.9. The van der Waals surface area contributed by atoms with Crippen LogP contribution in [0.25, 0.3) is 0 Å². The van der Waals surface area contributed by atoms with E-state index >= 15 is 0 Å². The van der Waals surface area contributed by atoms with Crippen molar-refractivity contribution in [3.63, 3.8) is 0 Å². The van der Waals surface area contributed by atoms with E-state index in [9.17, 15) is 4.79 Å². The van der Waals surface area contributed by atoms with Gasteiger partial charge in [-0.15, -0.1) is 0 Å². The predicted molar refractivity (Wildman–Crippen MR) is 103 cm³/mol. The summed E-state index contributed by atoms with van der Waals surface area (Å²) in [4.78, 5) is 19.5. The molecule has 4 heteroatoms. The second-order valence-electron chi connectivity index (χ2n) is 7.43. The molecule has 1 aromatic carbocycles. The SMILES string of the molecule is CC(C)CCOc1ccc(C(=O)N(C2CC2)C(C)c2ccccn2)cc1. The average molecular weight is 352 g/mol. The Kier molecular flexibility index (Phi) is 5.92. The highest BCUT2D eigenvalue weighted by atomic mass is 16.5. The third-order valence-electron chi connectivity index (χ3n) is 4.77. The van der Waals surface area contributed by atoms with E-state index in [4.69, 9.17) is 4.74 Å². The summed E-state index contributed by atoms with van der Waals surface area (Å²) in [6.45, 7) is 7.12. The lowest BCUT2D eigenvalue weighted by atomic mass is 10.1. The molecule has 1 atom stereocenters. The first-order chi connectivity index (χ1) is 12.6. The molecule has 1 amide bonds. The number of nitrogens with zero attached hydrogens (tertiary/aromatic N) is 2. The fraction of sp³-hybridized carbons (Fsp3) is 0.455. The number of ether oxygens (including phenoxy) is 1. The number of hydrogen-bond donors (Lipinski definition) is 0. The summed E-state index contributed by atoms with van der Waals surface area (Å²) in [5.41, 5.74) is 1.64. The van der Waals surface area contributed by atoms with Crippen molar-refractivity contribution in [1.29, 1.82) is 0 Å². The van der Waals surface area contributed by atoms with E-state index < -0.39 is 0 Å². The molecule has 4 nitrogen and oxygen atoms in total. The quantitative estimate of drug-likeness (QED) is 0.680. The molecule has 26 heavy (non-hydrogen) atoms. The highest BCUT2D eigenvalue weighted by Gasteiger charge is 2.37. The number of benzene rings is 1. The minimum Gasteiger partial charge on any atom is -0.494 e. The number of rotatable bonds is 8. The number of pyridine rings is 1. The zero-order valence-electron chi connectivity index (χ0n) is 15.9. The van der Waals surface area contributed by atoms with Crippen LogP contribution in [0.15, 0.2) is 48.7 Å². The Morgan fingerprint density at radius 3 is 2.46 bits per heavy atom. The molecule has 1 aromatic heterocycles. The summed E-state index contributed by atoms with van der Waals surface area (Å²) in [5, 5.41) is 0. The summed E-state index contributed by atoms with van der Waals surface area (Å²) in [5.74, 6) is 1.51. The summed E-state index contributed by atoms with van der Waals surface area (Å²) in [7, 11) is 0. The molecular formula is C22H28N2O2. The van der Waals surface area contributed by atoms with Crippen LogP contribution < -0.4 is 4.74 Å². The molecule has 3 rings (SSSR count). The van der Waals surface area contributed by atoms with Gasteiger partial charge in [-0.25, -0.2) is 0 Å². The second-order valence-corrected chi connectivity index (χ2v) is 7.43. The Morgan fingerprint density at radius 2 is 1.88 bits per heavy atom. The van der Waals surface area contributed by atoms with E-state index in [1.807, 2.05) is 47.4 Å². The smallest absolute Gasteiger partial charge is 0.254 e. The van der Waals surface area contributed by atoms with E-state index in [2.05, 4.69) is 25.8 Å². The van der Waals surface area contributed by atoms with Crippen molar-refractivity contribution < 1.29 is 9.53 Å². The third kappa shape index (κ3) is 4.63. The molecule has 1 fully saturated rings. The van der Waals surface area contributed by atoms with Gasteiger partial charge in [0.25, 0.3) is 5.91 Å². The van der Waals surface area contributed by atoms with E-state index in [1.165, 1.54) is 0 Å². The van der Waals surface area contributed by atoms with Crippen LogP contribution in [0.4, 0.5) is 0 Å². The Bertz CT molecular complexity index is 709. The summed E-state index contributed by atoms with van der Waals surface area (Å²) in [6.07, 6.45) is 4.95. The Labute approximate surface area is 156 Å². The molecule has 1 heterocycles. The minimum absolute atomic E-state index is 0.0295. The van der Waals surface area contributed by atoms with Crippen molar-refractivity contribution in [1.82, 2.24) is 9.88 Å². The molecule has 0 saturated heterocycles. The van der Waals surface area contributed by atoms with Crippen LogP contribution in [-0.2, 0) is 0 Å². The molecule has 0 spiro atoms. The number of carbonyl (C=O) groups excluding carboxylic acids is 1. The molecule has 1 unspecified atom stereocenters. The molecular weight excluding hydrogens is 324 g/mol. The van der Waals surface area contributed by atoms with Crippen molar-refractivity contribution in [3.05, 3.63) is 59.9 Å². The number of aromatic nitrogens is 1. The maximum Gasteiger partial charge on any atom is 0.254 e. The van der Waals surface area contributed by atoms with Gasteiger partial charge in [-0.2, -0.15) is 0 Å². The molecule has 1 saturated carbocycles. The Hall–Kier alpha value is -2.36. The molecule has 0 bridgehead atoms. The monoisotopic (exact) mass is 352 g/mol. The van der Waals surface area contributed by atoms with Gasteiger partial charge in [-0.1, -0.05) is 19.9 Å².